The molecule has 1 heterocycles. The summed E-state index contributed by atoms with van der Waals surface area (Å²) in [5.74, 6) is 1.05. The van der Waals surface area contributed by atoms with E-state index in [1.165, 1.54) is 5.56 Å². The van der Waals surface area contributed by atoms with Gasteiger partial charge >= 0.3 is 0 Å². The van der Waals surface area contributed by atoms with Gasteiger partial charge in [-0.25, -0.2) is 0 Å². The van der Waals surface area contributed by atoms with Gasteiger partial charge < -0.3 is 10.6 Å². The number of anilines is 1. The molecule has 17 heavy (non-hydrogen) atoms. The van der Waals surface area contributed by atoms with Crippen molar-refractivity contribution in [1.29, 1.82) is 0 Å². The molecule has 4 heteroatoms. The third-order valence-electron chi connectivity index (χ3n) is 3.00. The average Bonchev–Trinajstić information content (AvgIpc) is 2.34. The fourth-order valence-electron chi connectivity index (χ4n) is 2.19. The topological polar surface area (TPSA) is 46.3 Å². The predicted molar refractivity (Wildman–Crippen MR) is 73.5 cm³/mol. The van der Waals surface area contributed by atoms with E-state index in [1.807, 2.05) is 29.4 Å². The minimum absolute atomic E-state index is 0.0585. The second-order valence-corrected chi connectivity index (χ2v) is 5.33. The number of rotatable bonds is 3. The quantitative estimate of drug-likeness (QED) is 0.887. The number of fused-ring (bicyclic) bond motifs is 1. The van der Waals surface area contributed by atoms with Gasteiger partial charge in [0.25, 0.3) is 0 Å². The Morgan fingerprint density at radius 3 is 3.06 bits per heavy atom. The van der Waals surface area contributed by atoms with Crippen molar-refractivity contribution in [3.05, 3.63) is 29.8 Å². The van der Waals surface area contributed by atoms with Gasteiger partial charge in [-0.2, -0.15) is 11.8 Å². The molecule has 0 bridgehead atoms. The van der Waals surface area contributed by atoms with Crippen molar-refractivity contribution in [3.63, 3.8) is 0 Å². The van der Waals surface area contributed by atoms with Crippen LogP contribution in [0.15, 0.2) is 24.3 Å². The maximum Gasteiger partial charge on any atom is 0.227 e. The highest BCUT2D eigenvalue weighted by atomic mass is 32.2. The SMILES string of the molecule is CSCCC(=O)N1CC(N)Cc2ccccc21. The van der Waals surface area contributed by atoms with Crippen LogP contribution in [0.1, 0.15) is 12.0 Å². The third-order valence-corrected chi connectivity index (χ3v) is 3.62. The van der Waals surface area contributed by atoms with Crippen molar-refractivity contribution < 1.29 is 4.79 Å². The molecule has 1 amide bonds. The van der Waals surface area contributed by atoms with Gasteiger partial charge in [0.1, 0.15) is 0 Å². The summed E-state index contributed by atoms with van der Waals surface area (Å²) >= 11 is 1.70. The molecule has 1 aliphatic rings. The van der Waals surface area contributed by atoms with Crippen LogP contribution in [-0.4, -0.2) is 30.5 Å². The van der Waals surface area contributed by atoms with Crippen LogP contribution >= 0.6 is 11.8 Å². The number of amides is 1. The summed E-state index contributed by atoms with van der Waals surface area (Å²) < 4.78 is 0. The zero-order valence-electron chi connectivity index (χ0n) is 10.1. The maximum atomic E-state index is 12.1. The molecule has 92 valence electrons. The second kappa shape index (κ2) is 5.56. The first kappa shape index (κ1) is 12.5. The van der Waals surface area contributed by atoms with E-state index in [1.54, 1.807) is 11.8 Å². The highest BCUT2D eigenvalue weighted by molar-refractivity contribution is 7.98. The Hall–Kier alpha value is -1.00. The number of nitrogens with two attached hydrogens (primary N) is 1. The lowest BCUT2D eigenvalue weighted by Crippen LogP contribution is -2.46. The summed E-state index contributed by atoms with van der Waals surface area (Å²) in [6.07, 6.45) is 3.47. The number of carbonyl (C=O) groups is 1. The number of thioether (sulfide) groups is 1. The normalized spacial score (nSPS) is 18.9. The van der Waals surface area contributed by atoms with Crippen molar-refractivity contribution in [2.24, 2.45) is 5.73 Å². The largest absolute Gasteiger partial charge is 0.326 e. The van der Waals surface area contributed by atoms with E-state index in [-0.39, 0.29) is 11.9 Å². The van der Waals surface area contributed by atoms with Crippen LogP contribution in [-0.2, 0) is 11.2 Å². The van der Waals surface area contributed by atoms with Crippen molar-refractivity contribution in [3.8, 4) is 0 Å². The van der Waals surface area contributed by atoms with Gasteiger partial charge in [0.2, 0.25) is 5.91 Å². The first-order valence-corrected chi connectivity index (χ1v) is 7.24. The van der Waals surface area contributed by atoms with Gasteiger partial charge in [0.15, 0.2) is 0 Å². The summed E-state index contributed by atoms with van der Waals surface area (Å²) in [4.78, 5) is 14.0. The average molecular weight is 250 g/mol. The van der Waals surface area contributed by atoms with Crippen LogP contribution in [0, 0.1) is 0 Å². The minimum atomic E-state index is 0.0585. The van der Waals surface area contributed by atoms with E-state index in [0.29, 0.717) is 13.0 Å². The molecule has 0 radical (unpaired) electrons. The summed E-state index contributed by atoms with van der Waals surface area (Å²) in [6.45, 7) is 0.643. The molecule has 3 nitrogen and oxygen atoms in total. The van der Waals surface area contributed by atoms with Crippen molar-refractivity contribution in [1.82, 2.24) is 0 Å². The zero-order valence-corrected chi connectivity index (χ0v) is 10.9. The molecule has 0 fully saturated rings. The van der Waals surface area contributed by atoms with Gasteiger partial charge in [0, 0.05) is 30.4 Å². The molecule has 2 rings (SSSR count). The first-order valence-electron chi connectivity index (χ1n) is 5.85. The van der Waals surface area contributed by atoms with Crippen LogP contribution in [0.2, 0.25) is 0 Å². The Balaban J connectivity index is 2.20. The molecule has 1 atom stereocenters. The summed E-state index contributed by atoms with van der Waals surface area (Å²) in [6, 6.07) is 8.11. The molecule has 1 aromatic rings. The number of nitrogens with zero attached hydrogens (tertiary/aromatic N) is 1. The Morgan fingerprint density at radius 2 is 2.29 bits per heavy atom. The number of hydrogen-bond donors (Lipinski definition) is 1. The van der Waals surface area contributed by atoms with Crippen LogP contribution in [0.25, 0.3) is 0 Å². The molecule has 0 saturated carbocycles. The van der Waals surface area contributed by atoms with Gasteiger partial charge in [-0.05, 0) is 24.3 Å². The van der Waals surface area contributed by atoms with E-state index < -0.39 is 0 Å². The van der Waals surface area contributed by atoms with Crippen LogP contribution in [0.5, 0.6) is 0 Å². The fraction of sp³-hybridized carbons (Fsp3) is 0.462. The van der Waals surface area contributed by atoms with Gasteiger partial charge in [-0.1, -0.05) is 18.2 Å². The lowest BCUT2D eigenvalue weighted by Gasteiger charge is -2.33. The van der Waals surface area contributed by atoms with Crippen molar-refractivity contribution >= 4 is 23.4 Å². The van der Waals surface area contributed by atoms with E-state index in [0.717, 1.165) is 17.9 Å². The Bertz CT molecular complexity index is 408. The summed E-state index contributed by atoms with van der Waals surface area (Å²) in [7, 11) is 0. The molecular formula is C13H18N2OS. The molecule has 1 unspecified atom stereocenters. The molecule has 0 aliphatic carbocycles. The highest BCUT2D eigenvalue weighted by Gasteiger charge is 2.25. The van der Waals surface area contributed by atoms with Gasteiger partial charge in [-0.15, -0.1) is 0 Å². The van der Waals surface area contributed by atoms with Crippen molar-refractivity contribution in [2.75, 3.05) is 23.5 Å². The number of carbonyl (C=O) groups excluding carboxylic acids is 1. The van der Waals surface area contributed by atoms with E-state index in [9.17, 15) is 4.79 Å². The van der Waals surface area contributed by atoms with Crippen LogP contribution in [0.3, 0.4) is 0 Å². The molecule has 2 N–H and O–H groups in total. The van der Waals surface area contributed by atoms with Gasteiger partial charge in [0.05, 0.1) is 0 Å². The second-order valence-electron chi connectivity index (χ2n) is 4.34. The van der Waals surface area contributed by atoms with Crippen LogP contribution < -0.4 is 10.6 Å². The monoisotopic (exact) mass is 250 g/mol. The fourth-order valence-corrected chi connectivity index (χ4v) is 2.57. The standard InChI is InChI=1S/C13H18N2OS/c1-17-7-6-13(16)15-9-11(14)8-10-4-2-3-5-12(10)15/h2-5,11H,6-9,14H2,1H3. The Labute approximate surface area is 106 Å². The Kier molecular flexibility index (Phi) is 4.07. The zero-order chi connectivity index (χ0) is 12.3. The number of hydrogen-bond acceptors (Lipinski definition) is 3. The maximum absolute atomic E-state index is 12.1. The summed E-state index contributed by atoms with van der Waals surface area (Å²) in [5, 5.41) is 0. The molecule has 0 spiro atoms. The minimum Gasteiger partial charge on any atom is -0.326 e. The highest BCUT2D eigenvalue weighted by Crippen LogP contribution is 2.26. The van der Waals surface area contributed by atoms with E-state index >= 15 is 0 Å². The van der Waals surface area contributed by atoms with Crippen molar-refractivity contribution in [2.45, 2.75) is 18.9 Å². The molecular weight excluding hydrogens is 232 g/mol. The molecule has 1 aromatic carbocycles. The van der Waals surface area contributed by atoms with E-state index in [4.69, 9.17) is 5.73 Å². The molecule has 0 aromatic heterocycles. The summed E-state index contributed by atoms with van der Waals surface area (Å²) in [5.41, 5.74) is 8.23. The van der Waals surface area contributed by atoms with Crippen LogP contribution in [0.4, 0.5) is 5.69 Å². The van der Waals surface area contributed by atoms with Gasteiger partial charge in [-0.3, -0.25) is 4.79 Å². The third kappa shape index (κ3) is 2.82. The first-order chi connectivity index (χ1) is 8.22. The predicted octanol–water partition coefficient (Wildman–Crippen LogP) is 1.66. The lowest BCUT2D eigenvalue weighted by molar-refractivity contribution is -0.118. The lowest BCUT2D eigenvalue weighted by atomic mass is 9.98. The smallest absolute Gasteiger partial charge is 0.227 e. The number of para-hydroxylation sites is 1. The number of benzene rings is 1. The van der Waals surface area contributed by atoms with E-state index in [2.05, 4.69) is 6.07 Å². The molecule has 1 aliphatic heterocycles. The molecule has 0 saturated heterocycles. The Morgan fingerprint density at radius 1 is 1.53 bits per heavy atom.